The normalized spacial score (nSPS) is 13.8. The number of aryl methyl sites for hydroxylation is 1. The van der Waals surface area contributed by atoms with Gasteiger partial charge in [0.1, 0.15) is 0 Å². The molecule has 0 saturated heterocycles. The molecule has 3 aromatic rings. The van der Waals surface area contributed by atoms with E-state index in [4.69, 9.17) is 0 Å². The maximum atomic E-state index is 12.1. The molecule has 1 aliphatic heterocycles. The molecule has 22 heavy (non-hydrogen) atoms. The minimum Gasteiger partial charge on any atom is -0.352 e. The van der Waals surface area contributed by atoms with Gasteiger partial charge in [0.25, 0.3) is 5.91 Å². The molecule has 0 bridgehead atoms. The summed E-state index contributed by atoms with van der Waals surface area (Å²) in [5.74, 6) is 0.0426. The SMILES string of the molecule is Cc1ccc2ccccc2c1-c1ccc2c(c1)C(=O)NCC2. The molecule has 0 atom stereocenters. The fourth-order valence-electron chi connectivity index (χ4n) is 3.33. The summed E-state index contributed by atoms with van der Waals surface area (Å²) in [6, 6.07) is 19.0. The molecule has 0 aromatic heterocycles. The summed E-state index contributed by atoms with van der Waals surface area (Å²) in [6.07, 6.45) is 0.913. The first-order chi connectivity index (χ1) is 10.7. The summed E-state index contributed by atoms with van der Waals surface area (Å²) in [6.45, 7) is 2.86. The van der Waals surface area contributed by atoms with Gasteiger partial charge in [0.15, 0.2) is 0 Å². The number of amides is 1. The molecule has 4 rings (SSSR count). The summed E-state index contributed by atoms with van der Waals surface area (Å²) < 4.78 is 0. The highest BCUT2D eigenvalue weighted by atomic mass is 16.1. The van der Waals surface area contributed by atoms with E-state index in [1.807, 2.05) is 6.07 Å². The molecular weight excluding hydrogens is 270 g/mol. The Bertz CT molecular complexity index is 895. The molecule has 0 aliphatic carbocycles. The maximum absolute atomic E-state index is 12.1. The van der Waals surface area contributed by atoms with Crippen LogP contribution in [-0.2, 0) is 6.42 Å². The van der Waals surface area contributed by atoms with Gasteiger partial charge < -0.3 is 5.32 Å². The van der Waals surface area contributed by atoms with Crippen LogP contribution in [0.3, 0.4) is 0 Å². The van der Waals surface area contributed by atoms with E-state index in [0.29, 0.717) is 0 Å². The largest absolute Gasteiger partial charge is 0.352 e. The predicted octanol–water partition coefficient (Wildman–Crippen LogP) is 4.10. The number of carbonyl (C=O) groups is 1. The van der Waals surface area contributed by atoms with E-state index in [2.05, 4.69) is 60.8 Å². The highest BCUT2D eigenvalue weighted by Crippen LogP contribution is 2.33. The Morgan fingerprint density at radius 3 is 2.77 bits per heavy atom. The average molecular weight is 287 g/mol. The molecule has 0 spiro atoms. The van der Waals surface area contributed by atoms with Crippen LogP contribution in [0.1, 0.15) is 21.5 Å². The van der Waals surface area contributed by atoms with E-state index in [1.165, 1.54) is 21.9 Å². The van der Waals surface area contributed by atoms with Gasteiger partial charge in [-0.25, -0.2) is 0 Å². The van der Waals surface area contributed by atoms with Crippen LogP contribution in [0.25, 0.3) is 21.9 Å². The molecule has 3 aromatic carbocycles. The molecule has 1 amide bonds. The molecule has 0 unspecified atom stereocenters. The third kappa shape index (κ3) is 2.00. The van der Waals surface area contributed by atoms with Crippen LogP contribution < -0.4 is 5.32 Å². The topological polar surface area (TPSA) is 29.1 Å². The lowest BCUT2D eigenvalue weighted by atomic mass is 9.90. The van der Waals surface area contributed by atoms with E-state index in [1.54, 1.807) is 0 Å². The molecule has 1 N–H and O–H groups in total. The Kier molecular flexibility index (Phi) is 2.97. The number of fused-ring (bicyclic) bond motifs is 2. The lowest BCUT2D eigenvalue weighted by molar-refractivity contribution is 0.0946. The minimum atomic E-state index is 0.0426. The molecule has 2 heteroatoms. The number of hydrogen-bond donors (Lipinski definition) is 1. The number of rotatable bonds is 1. The van der Waals surface area contributed by atoms with Gasteiger partial charge in [-0.1, -0.05) is 48.5 Å². The molecule has 2 nitrogen and oxygen atoms in total. The van der Waals surface area contributed by atoms with Crippen LogP contribution in [0.5, 0.6) is 0 Å². The number of benzene rings is 3. The van der Waals surface area contributed by atoms with E-state index in [9.17, 15) is 4.79 Å². The van der Waals surface area contributed by atoms with Gasteiger partial charge in [-0.15, -0.1) is 0 Å². The summed E-state index contributed by atoms with van der Waals surface area (Å²) in [5.41, 5.74) is 5.53. The van der Waals surface area contributed by atoms with Crippen molar-refractivity contribution in [2.24, 2.45) is 0 Å². The van der Waals surface area contributed by atoms with E-state index >= 15 is 0 Å². The second-order valence-corrected chi connectivity index (χ2v) is 5.86. The zero-order valence-corrected chi connectivity index (χ0v) is 12.5. The van der Waals surface area contributed by atoms with E-state index in [-0.39, 0.29) is 5.91 Å². The lowest BCUT2D eigenvalue weighted by Gasteiger charge is -2.18. The van der Waals surface area contributed by atoms with Crippen LogP contribution in [-0.4, -0.2) is 12.5 Å². The first kappa shape index (κ1) is 13.1. The molecule has 0 radical (unpaired) electrons. The Morgan fingerprint density at radius 2 is 1.86 bits per heavy atom. The predicted molar refractivity (Wildman–Crippen MR) is 90.2 cm³/mol. The number of nitrogens with one attached hydrogen (secondary N) is 1. The van der Waals surface area contributed by atoms with Gasteiger partial charge >= 0.3 is 0 Å². The Balaban J connectivity index is 1.98. The van der Waals surface area contributed by atoms with E-state index in [0.717, 1.165) is 29.7 Å². The summed E-state index contributed by atoms with van der Waals surface area (Å²) in [7, 11) is 0. The summed E-state index contributed by atoms with van der Waals surface area (Å²) >= 11 is 0. The van der Waals surface area contributed by atoms with Gasteiger partial charge in [0, 0.05) is 12.1 Å². The maximum Gasteiger partial charge on any atom is 0.251 e. The standard InChI is InChI=1S/C20H17NO/c1-13-6-7-14-4-2-3-5-17(14)19(13)16-9-8-15-10-11-21-20(22)18(15)12-16/h2-9,12H,10-11H2,1H3,(H,21,22). The Labute approximate surface area is 129 Å². The Morgan fingerprint density at radius 1 is 1.00 bits per heavy atom. The zero-order valence-electron chi connectivity index (χ0n) is 12.5. The van der Waals surface area contributed by atoms with Crippen molar-refractivity contribution in [3.05, 3.63) is 71.3 Å². The molecule has 0 saturated carbocycles. The fourth-order valence-corrected chi connectivity index (χ4v) is 3.33. The van der Waals surface area contributed by atoms with Crippen LogP contribution >= 0.6 is 0 Å². The fraction of sp³-hybridized carbons (Fsp3) is 0.150. The highest BCUT2D eigenvalue weighted by molar-refractivity contribution is 6.02. The molecular formula is C20H17NO. The van der Waals surface area contributed by atoms with Crippen LogP contribution in [0.15, 0.2) is 54.6 Å². The van der Waals surface area contributed by atoms with Crippen molar-refractivity contribution in [3.63, 3.8) is 0 Å². The first-order valence-corrected chi connectivity index (χ1v) is 7.64. The third-order valence-electron chi connectivity index (χ3n) is 4.46. The van der Waals surface area contributed by atoms with Gasteiger partial charge in [-0.3, -0.25) is 4.79 Å². The van der Waals surface area contributed by atoms with Crippen molar-refractivity contribution in [2.75, 3.05) is 6.54 Å². The summed E-state index contributed by atoms with van der Waals surface area (Å²) in [5, 5.41) is 5.39. The average Bonchev–Trinajstić information content (AvgIpc) is 2.55. The van der Waals surface area contributed by atoms with Crippen molar-refractivity contribution in [2.45, 2.75) is 13.3 Å². The van der Waals surface area contributed by atoms with Crippen molar-refractivity contribution < 1.29 is 4.79 Å². The minimum absolute atomic E-state index is 0.0426. The molecule has 1 aliphatic rings. The monoisotopic (exact) mass is 287 g/mol. The number of carbonyl (C=O) groups excluding carboxylic acids is 1. The van der Waals surface area contributed by atoms with Gasteiger partial charge in [0.05, 0.1) is 0 Å². The lowest BCUT2D eigenvalue weighted by Crippen LogP contribution is -2.31. The van der Waals surface area contributed by atoms with Crippen LogP contribution in [0, 0.1) is 6.92 Å². The smallest absolute Gasteiger partial charge is 0.251 e. The quantitative estimate of drug-likeness (QED) is 0.717. The second kappa shape index (κ2) is 4.99. The van der Waals surface area contributed by atoms with E-state index < -0.39 is 0 Å². The van der Waals surface area contributed by atoms with Crippen molar-refractivity contribution in [3.8, 4) is 11.1 Å². The highest BCUT2D eigenvalue weighted by Gasteiger charge is 2.18. The van der Waals surface area contributed by atoms with Crippen molar-refractivity contribution in [1.82, 2.24) is 5.32 Å². The van der Waals surface area contributed by atoms with Crippen molar-refractivity contribution in [1.29, 1.82) is 0 Å². The summed E-state index contributed by atoms with van der Waals surface area (Å²) in [4.78, 5) is 12.1. The molecule has 108 valence electrons. The zero-order chi connectivity index (χ0) is 15.1. The number of hydrogen-bond acceptors (Lipinski definition) is 1. The third-order valence-corrected chi connectivity index (χ3v) is 4.46. The van der Waals surface area contributed by atoms with Crippen LogP contribution in [0.2, 0.25) is 0 Å². The van der Waals surface area contributed by atoms with Gasteiger partial charge in [0.2, 0.25) is 0 Å². The Hall–Kier alpha value is -2.61. The van der Waals surface area contributed by atoms with Gasteiger partial charge in [-0.05, 0) is 52.4 Å². The molecule has 1 heterocycles. The molecule has 0 fully saturated rings. The van der Waals surface area contributed by atoms with Crippen LogP contribution in [0.4, 0.5) is 0 Å². The first-order valence-electron chi connectivity index (χ1n) is 7.64. The second-order valence-electron chi connectivity index (χ2n) is 5.86. The van der Waals surface area contributed by atoms with Gasteiger partial charge in [-0.2, -0.15) is 0 Å². The van der Waals surface area contributed by atoms with Crippen molar-refractivity contribution >= 4 is 16.7 Å².